The van der Waals surface area contributed by atoms with Gasteiger partial charge in [-0.15, -0.1) is 0 Å². The first kappa shape index (κ1) is 22.8. The van der Waals surface area contributed by atoms with Gasteiger partial charge in [0.15, 0.2) is 5.78 Å². The lowest BCUT2D eigenvalue weighted by Gasteiger charge is -2.47. The van der Waals surface area contributed by atoms with Crippen molar-refractivity contribution in [3.63, 3.8) is 0 Å². The van der Waals surface area contributed by atoms with E-state index in [1.807, 2.05) is 20.8 Å². The van der Waals surface area contributed by atoms with Gasteiger partial charge in [-0.25, -0.2) is 0 Å². The maximum absolute atomic E-state index is 13.3. The Hall–Kier alpha value is -1.84. The number of allylic oxidation sites excluding steroid dienone is 5. The van der Waals surface area contributed by atoms with Crippen molar-refractivity contribution in [1.82, 2.24) is 4.90 Å². The van der Waals surface area contributed by atoms with E-state index in [2.05, 4.69) is 39.0 Å². The van der Waals surface area contributed by atoms with E-state index in [0.29, 0.717) is 17.8 Å². The van der Waals surface area contributed by atoms with Gasteiger partial charge < -0.3 is 10.0 Å². The number of hydrogen-bond donors (Lipinski definition) is 1. The van der Waals surface area contributed by atoms with E-state index in [1.54, 1.807) is 11.9 Å². The zero-order valence-electron chi connectivity index (χ0n) is 19.7. The summed E-state index contributed by atoms with van der Waals surface area (Å²) in [5, 5.41) is 11.6. The van der Waals surface area contributed by atoms with Crippen molar-refractivity contribution in [2.24, 2.45) is 41.4 Å². The third-order valence-corrected chi connectivity index (χ3v) is 8.17. The summed E-state index contributed by atoms with van der Waals surface area (Å²) in [4.78, 5) is 28.0. The molecule has 0 aromatic heterocycles. The summed E-state index contributed by atoms with van der Waals surface area (Å²) in [6.45, 7) is 12.7. The Labute approximate surface area is 182 Å². The molecule has 3 aliphatic rings. The number of Topliss-reactive ketones (excluding diaryl/α,β-unsaturated/α-hetero) is 1. The predicted molar refractivity (Wildman–Crippen MR) is 121 cm³/mol. The van der Waals surface area contributed by atoms with E-state index >= 15 is 0 Å². The van der Waals surface area contributed by atoms with Crippen molar-refractivity contribution < 1.29 is 14.7 Å². The van der Waals surface area contributed by atoms with E-state index in [-0.39, 0.29) is 46.7 Å². The molecule has 166 valence electrons. The monoisotopic (exact) mass is 413 g/mol. The average molecular weight is 414 g/mol. The van der Waals surface area contributed by atoms with Crippen LogP contribution in [0.5, 0.6) is 0 Å². The molecule has 1 saturated heterocycles. The van der Waals surface area contributed by atoms with Gasteiger partial charge in [-0.3, -0.25) is 9.59 Å². The van der Waals surface area contributed by atoms with E-state index in [9.17, 15) is 14.7 Å². The van der Waals surface area contributed by atoms with Gasteiger partial charge in [-0.05, 0) is 56.3 Å². The molecular formula is C26H39NO3. The zero-order valence-corrected chi connectivity index (χ0v) is 19.7. The number of nitrogens with zero attached hydrogens (tertiary/aromatic N) is 1. The van der Waals surface area contributed by atoms with Crippen LogP contribution in [-0.4, -0.2) is 34.8 Å². The Bertz CT molecular complexity index is 792. The quantitative estimate of drug-likeness (QED) is 0.294. The minimum Gasteiger partial charge on any atom is -0.511 e. The molecule has 30 heavy (non-hydrogen) atoms. The summed E-state index contributed by atoms with van der Waals surface area (Å²) in [6, 6.07) is -0.473. The number of aliphatic hydroxyl groups is 1. The van der Waals surface area contributed by atoms with E-state index < -0.39 is 6.04 Å². The Morgan fingerprint density at radius 1 is 1.27 bits per heavy atom. The summed E-state index contributed by atoms with van der Waals surface area (Å²) >= 11 is 0. The van der Waals surface area contributed by atoms with E-state index in [1.165, 1.54) is 5.57 Å². The van der Waals surface area contributed by atoms with Crippen LogP contribution in [0.25, 0.3) is 0 Å². The molecule has 8 unspecified atom stereocenters. The van der Waals surface area contributed by atoms with Crippen molar-refractivity contribution in [3.8, 4) is 0 Å². The number of fused-ring (bicyclic) bond motifs is 1. The van der Waals surface area contributed by atoms with Crippen molar-refractivity contribution >= 4 is 11.7 Å². The molecule has 4 heteroatoms. The van der Waals surface area contributed by atoms with Gasteiger partial charge in [0.1, 0.15) is 11.3 Å². The van der Waals surface area contributed by atoms with Crippen LogP contribution < -0.4 is 0 Å². The fourth-order valence-electron chi connectivity index (χ4n) is 6.36. The summed E-state index contributed by atoms with van der Waals surface area (Å²) < 4.78 is 0. The van der Waals surface area contributed by atoms with Crippen LogP contribution in [0.2, 0.25) is 0 Å². The Kier molecular flexibility index (Phi) is 6.64. The molecule has 1 heterocycles. The highest BCUT2D eigenvalue weighted by molar-refractivity contribution is 6.26. The van der Waals surface area contributed by atoms with Gasteiger partial charge in [-0.2, -0.15) is 0 Å². The lowest BCUT2D eigenvalue weighted by molar-refractivity contribution is -0.126. The Morgan fingerprint density at radius 2 is 1.93 bits per heavy atom. The van der Waals surface area contributed by atoms with E-state index in [0.717, 1.165) is 19.3 Å². The molecular weight excluding hydrogens is 374 g/mol. The van der Waals surface area contributed by atoms with Crippen LogP contribution in [-0.2, 0) is 9.59 Å². The first-order chi connectivity index (χ1) is 14.1. The lowest BCUT2D eigenvalue weighted by Crippen LogP contribution is -2.42. The maximum Gasteiger partial charge on any atom is 0.261 e. The molecule has 0 aromatic carbocycles. The van der Waals surface area contributed by atoms with Crippen molar-refractivity contribution in [3.05, 3.63) is 35.1 Å². The fraction of sp³-hybridized carbons (Fsp3) is 0.692. The molecule has 4 nitrogen and oxygen atoms in total. The molecule has 1 N–H and O–H groups in total. The molecule has 0 spiro atoms. The zero-order chi connectivity index (χ0) is 22.3. The molecule has 2 aliphatic carbocycles. The number of likely N-dealkylation sites (tertiary alicyclic amines) is 1. The van der Waals surface area contributed by atoms with Crippen molar-refractivity contribution in [2.45, 2.75) is 66.8 Å². The topological polar surface area (TPSA) is 57.6 Å². The van der Waals surface area contributed by atoms with Crippen LogP contribution in [0.15, 0.2) is 35.1 Å². The first-order valence-corrected chi connectivity index (χ1v) is 11.7. The number of hydrogen-bond acceptors (Lipinski definition) is 3. The SMILES string of the molecule is C/C=C(\C)C1C=CC2CC(C)CC(C)C2C1/C(O)=C1\C(=O)C(C(C)CC)N(C)C1=O. The van der Waals surface area contributed by atoms with Crippen LogP contribution in [0.3, 0.4) is 0 Å². The predicted octanol–water partition coefficient (Wildman–Crippen LogP) is 5.32. The van der Waals surface area contributed by atoms with Crippen LogP contribution in [0.1, 0.15) is 60.8 Å². The molecule has 1 amide bonds. The summed E-state index contributed by atoms with van der Waals surface area (Å²) in [5.74, 6) is 1.09. The van der Waals surface area contributed by atoms with Crippen molar-refractivity contribution in [2.75, 3.05) is 7.05 Å². The highest BCUT2D eigenvalue weighted by Gasteiger charge is 2.50. The minimum absolute atomic E-state index is 0.0214. The Balaban J connectivity index is 2.12. The number of ketones is 1. The first-order valence-electron chi connectivity index (χ1n) is 11.7. The summed E-state index contributed by atoms with van der Waals surface area (Å²) in [7, 11) is 1.69. The number of amides is 1. The minimum atomic E-state index is -0.473. The maximum atomic E-state index is 13.3. The molecule has 3 rings (SSSR count). The number of rotatable bonds is 4. The number of carbonyl (C=O) groups excluding carboxylic acids is 2. The smallest absolute Gasteiger partial charge is 0.261 e. The molecule has 2 fully saturated rings. The molecule has 8 atom stereocenters. The second-order valence-corrected chi connectivity index (χ2v) is 10.1. The van der Waals surface area contributed by atoms with E-state index in [4.69, 9.17) is 0 Å². The molecule has 0 radical (unpaired) electrons. The van der Waals surface area contributed by atoms with Crippen LogP contribution in [0, 0.1) is 41.4 Å². The molecule has 0 bridgehead atoms. The van der Waals surface area contributed by atoms with Gasteiger partial charge in [0.2, 0.25) is 0 Å². The largest absolute Gasteiger partial charge is 0.511 e. The highest BCUT2D eigenvalue weighted by atomic mass is 16.3. The third-order valence-electron chi connectivity index (χ3n) is 8.17. The second kappa shape index (κ2) is 8.72. The molecule has 1 saturated carbocycles. The van der Waals surface area contributed by atoms with Gasteiger partial charge in [0.25, 0.3) is 5.91 Å². The average Bonchev–Trinajstić information content (AvgIpc) is 2.93. The second-order valence-electron chi connectivity index (χ2n) is 10.1. The number of aliphatic hydroxyl groups excluding tert-OH is 1. The van der Waals surface area contributed by atoms with Crippen LogP contribution in [0.4, 0.5) is 0 Å². The van der Waals surface area contributed by atoms with Gasteiger partial charge in [0.05, 0.1) is 6.04 Å². The highest BCUT2D eigenvalue weighted by Crippen LogP contribution is 2.52. The van der Waals surface area contributed by atoms with Gasteiger partial charge in [0, 0.05) is 18.9 Å². The Morgan fingerprint density at radius 3 is 2.53 bits per heavy atom. The number of likely N-dealkylation sites (N-methyl/N-ethyl adjacent to an activating group) is 1. The van der Waals surface area contributed by atoms with Gasteiger partial charge in [-0.1, -0.05) is 57.9 Å². The van der Waals surface area contributed by atoms with Gasteiger partial charge >= 0.3 is 0 Å². The third kappa shape index (κ3) is 3.67. The lowest BCUT2D eigenvalue weighted by atomic mass is 9.57. The molecule has 1 aliphatic heterocycles. The standard InChI is InChI=1S/C26H39NO3/c1-8-15(4)19-11-10-18-13-14(3)12-17(6)20(18)21(19)24(28)22-25(29)23(16(5)9-2)27(7)26(22)30/h8,10-11,14,16-21,23,28H,9,12-13H2,1-7H3/b15-8+,24-22-. The number of carbonyl (C=O) groups is 2. The van der Waals surface area contributed by atoms with Crippen molar-refractivity contribution in [1.29, 1.82) is 0 Å². The molecule has 0 aromatic rings. The summed E-state index contributed by atoms with van der Waals surface area (Å²) in [5.41, 5.74) is 1.22. The normalized spacial score (nSPS) is 39.9. The summed E-state index contributed by atoms with van der Waals surface area (Å²) in [6.07, 6.45) is 9.66. The fourth-order valence-corrected chi connectivity index (χ4v) is 6.36. The van der Waals surface area contributed by atoms with Crippen LogP contribution >= 0.6 is 0 Å².